The third kappa shape index (κ3) is 3.17. The predicted molar refractivity (Wildman–Crippen MR) is 69.9 cm³/mol. The summed E-state index contributed by atoms with van der Waals surface area (Å²) in [5, 5.41) is 4.37. The van der Waals surface area contributed by atoms with E-state index in [0.29, 0.717) is 0 Å². The van der Waals surface area contributed by atoms with Crippen molar-refractivity contribution in [3.05, 3.63) is 53.3 Å². The van der Waals surface area contributed by atoms with Gasteiger partial charge >= 0.3 is 0 Å². The smallest absolute Gasteiger partial charge is 0.0662 e. The van der Waals surface area contributed by atoms with Gasteiger partial charge in [0.1, 0.15) is 0 Å². The van der Waals surface area contributed by atoms with E-state index in [9.17, 15) is 0 Å². The molecule has 1 aromatic carbocycles. The number of hydrogen-bond acceptors (Lipinski definition) is 2. The van der Waals surface area contributed by atoms with Crippen molar-refractivity contribution in [2.75, 3.05) is 0 Å². The minimum Gasteiger partial charge on any atom is -0.328 e. The van der Waals surface area contributed by atoms with Crippen molar-refractivity contribution in [3.8, 4) is 0 Å². The quantitative estimate of drug-likeness (QED) is 0.872. The van der Waals surface area contributed by atoms with Gasteiger partial charge in [-0.2, -0.15) is 5.10 Å². The molecule has 0 aliphatic heterocycles. The minimum atomic E-state index is 0.186. The monoisotopic (exact) mass is 229 g/mol. The van der Waals surface area contributed by atoms with Gasteiger partial charge in [-0.15, -0.1) is 0 Å². The van der Waals surface area contributed by atoms with E-state index < -0.39 is 0 Å². The highest BCUT2D eigenvalue weighted by atomic mass is 15.3. The van der Waals surface area contributed by atoms with Crippen LogP contribution in [0, 0.1) is 6.92 Å². The fraction of sp³-hybridized carbons (Fsp3) is 0.357. The normalized spacial score (nSPS) is 12.6. The molecule has 90 valence electrons. The van der Waals surface area contributed by atoms with Crippen LogP contribution in [-0.4, -0.2) is 15.8 Å². The number of nitrogens with two attached hydrogens (primary N) is 1. The van der Waals surface area contributed by atoms with Crippen LogP contribution in [0.25, 0.3) is 0 Å². The van der Waals surface area contributed by atoms with Gasteiger partial charge in [-0.3, -0.25) is 4.68 Å². The molecule has 3 heteroatoms. The Labute approximate surface area is 102 Å². The number of aromatic nitrogens is 2. The second-order valence-electron chi connectivity index (χ2n) is 4.65. The van der Waals surface area contributed by atoms with Crippen LogP contribution in [0.3, 0.4) is 0 Å². The van der Waals surface area contributed by atoms with Crippen LogP contribution in [0.1, 0.15) is 23.6 Å². The molecule has 1 atom stereocenters. The molecule has 0 fully saturated rings. The Morgan fingerprint density at radius 2 is 2.12 bits per heavy atom. The molecule has 0 spiro atoms. The first kappa shape index (κ1) is 11.9. The zero-order chi connectivity index (χ0) is 12.3. The van der Waals surface area contributed by atoms with Gasteiger partial charge in [0.2, 0.25) is 0 Å². The van der Waals surface area contributed by atoms with Gasteiger partial charge < -0.3 is 5.73 Å². The van der Waals surface area contributed by atoms with Gasteiger partial charge in [-0.05, 0) is 37.0 Å². The average Bonchev–Trinajstić information content (AvgIpc) is 2.68. The number of nitrogens with zero attached hydrogens (tertiary/aromatic N) is 2. The zero-order valence-electron chi connectivity index (χ0n) is 10.4. The lowest BCUT2D eigenvalue weighted by Gasteiger charge is -2.05. The van der Waals surface area contributed by atoms with E-state index in [-0.39, 0.29) is 6.04 Å². The lowest BCUT2D eigenvalue weighted by molar-refractivity contribution is 0.681. The number of aryl methyl sites for hydroxylation is 1. The topological polar surface area (TPSA) is 43.8 Å². The Bertz CT molecular complexity index is 486. The van der Waals surface area contributed by atoms with Crippen molar-refractivity contribution in [2.24, 2.45) is 5.73 Å². The standard InChI is InChI=1S/C14H19N3/c1-11-5-3-4-6-14(11)10-17-9-13(8-16-17)7-12(2)15/h3-6,8-9,12H,7,10,15H2,1-2H3. The van der Waals surface area contributed by atoms with Gasteiger partial charge in [0.15, 0.2) is 0 Å². The van der Waals surface area contributed by atoms with Gasteiger partial charge in [0.05, 0.1) is 12.7 Å². The fourth-order valence-electron chi connectivity index (χ4n) is 1.93. The number of rotatable bonds is 4. The maximum atomic E-state index is 5.77. The first-order chi connectivity index (χ1) is 8.15. The predicted octanol–water partition coefficient (Wildman–Crippen LogP) is 2.13. The Morgan fingerprint density at radius 3 is 2.82 bits per heavy atom. The van der Waals surface area contributed by atoms with Crippen LogP contribution in [-0.2, 0) is 13.0 Å². The summed E-state index contributed by atoms with van der Waals surface area (Å²) in [6.07, 6.45) is 4.87. The molecular formula is C14H19N3. The van der Waals surface area contributed by atoms with E-state index in [1.54, 1.807) is 0 Å². The molecule has 0 aliphatic rings. The lowest BCUT2D eigenvalue weighted by atomic mass is 10.1. The van der Waals surface area contributed by atoms with Gasteiger partial charge in [-0.1, -0.05) is 24.3 Å². The summed E-state index contributed by atoms with van der Waals surface area (Å²) in [6, 6.07) is 8.58. The SMILES string of the molecule is Cc1ccccc1Cn1cc(CC(C)N)cn1. The van der Waals surface area contributed by atoms with Crippen molar-refractivity contribution in [1.29, 1.82) is 0 Å². The molecule has 3 nitrogen and oxygen atoms in total. The molecule has 2 rings (SSSR count). The first-order valence-electron chi connectivity index (χ1n) is 5.96. The lowest BCUT2D eigenvalue weighted by Crippen LogP contribution is -2.17. The van der Waals surface area contributed by atoms with Gasteiger partial charge in [-0.25, -0.2) is 0 Å². The highest BCUT2D eigenvalue weighted by Crippen LogP contribution is 2.09. The minimum absolute atomic E-state index is 0.186. The van der Waals surface area contributed by atoms with Gasteiger partial charge in [0.25, 0.3) is 0 Å². The molecule has 2 aromatic rings. The highest BCUT2D eigenvalue weighted by Gasteiger charge is 2.03. The molecule has 2 N–H and O–H groups in total. The van der Waals surface area contributed by atoms with Crippen molar-refractivity contribution in [3.63, 3.8) is 0 Å². The average molecular weight is 229 g/mol. The van der Waals surface area contributed by atoms with E-state index in [0.717, 1.165) is 13.0 Å². The molecule has 17 heavy (non-hydrogen) atoms. The molecule has 1 aromatic heterocycles. The molecule has 1 heterocycles. The Hall–Kier alpha value is -1.61. The van der Waals surface area contributed by atoms with Crippen molar-refractivity contribution in [2.45, 2.75) is 32.9 Å². The summed E-state index contributed by atoms with van der Waals surface area (Å²) in [6.45, 7) is 4.96. The van der Waals surface area contributed by atoms with E-state index in [1.807, 2.05) is 17.8 Å². The summed E-state index contributed by atoms with van der Waals surface area (Å²) in [7, 11) is 0. The van der Waals surface area contributed by atoms with E-state index in [2.05, 4.69) is 42.5 Å². The zero-order valence-corrected chi connectivity index (χ0v) is 10.4. The first-order valence-corrected chi connectivity index (χ1v) is 5.96. The Balaban J connectivity index is 2.09. The number of benzene rings is 1. The molecule has 0 amide bonds. The molecule has 0 aliphatic carbocycles. The van der Waals surface area contributed by atoms with Crippen LogP contribution in [0.15, 0.2) is 36.7 Å². The van der Waals surface area contributed by atoms with Crippen molar-refractivity contribution < 1.29 is 0 Å². The summed E-state index contributed by atoms with van der Waals surface area (Å²) >= 11 is 0. The molecule has 0 radical (unpaired) electrons. The molecule has 0 saturated heterocycles. The third-order valence-electron chi connectivity index (χ3n) is 2.84. The second kappa shape index (κ2) is 5.15. The molecule has 0 bridgehead atoms. The summed E-state index contributed by atoms with van der Waals surface area (Å²) < 4.78 is 1.97. The van der Waals surface area contributed by atoms with Crippen LogP contribution < -0.4 is 5.73 Å². The fourth-order valence-corrected chi connectivity index (χ4v) is 1.93. The van der Waals surface area contributed by atoms with Crippen LogP contribution >= 0.6 is 0 Å². The van der Waals surface area contributed by atoms with Crippen molar-refractivity contribution >= 4 is 0 Å². The number of hydrogen-bond donors (Lipinski definition) is 1. The van der Waals surface area contributed by atoms with E-state index in [4.69, 9.17) is 5.73 Å². The summed E-state index contributed by atoms with van der Waals surface area (Å²) in [5.74, 6) is 0. The molecular weight excluding hydrogens is 210 g/mol. The maximum Gasteiger partial charge on any atom is 0.0662 e. The highest BCUT2D eigenvalue weighted by molar-refractivity contribution is 5.25. The Morgan fingerprint density at radius 1 is 1.35 bits per heavy atom. The molecule has 0 saturated carbocycles. The third-order valence-corrected chi connectivity index (χ3v) is 2.84. The summed E-state index contributed by atoms with van der Waals surface area (Å²) in [5.41, 5.74) is 9.59. The van der Waals surface area contributed by atoms with Gasteiger partial charge in [0, 0.05) is 12.2 Å². The van der Waals surface area contributed by atoms with E-state index in [1.165, 1.54) is 16.7 Å². The maximum absolute atomic E-state index is 5.77. The van der Waals surface area contributed by atoms with Crippen LogP contribution in [0.5, 0.6) is 0 Å². The largest absolute Gasteiger partial charge is 0.328 e. The summed E-state index contributed by atoms with van der Waals surface area (Å²) in [4.78, 5) is 0. The van der Waals surface area contributed by atoms with Crippen LogP contribution in [0.4, 0.5) is 0 Å². The Kier molecular flexibility index (Phi) is 3.59. The second-order valence-corrected chi connectivity index (χ2v) is 4.65. The molecule has 1 unspecified atom stereocenters. The van der Waals surface area contributed by atoms with E-state index >= 15 is 0 Å². The van der Waals surface area contributed by atoms with Crippen LogP contribution in [0.2, 0.25) is 0 Å². The van der Waals surface area contributed by atoms with Crippen molar-refractivity contribution in [1.82, 2.24) is 9.78 Å².